The third-order valence-corrected chi connectivity index (χ3v) is 4.31. The van der Waals surface area contributed by atoms with E-state index in [0.717, 1.165) is 0 Å². The summed E-state index contributed by atoms with van der Waals surface area (Å²) in [5.74, 6) is -0.419. The molecule has 0 aromatic heterocycles. The van der Waals surface area contributed by atoms with E-state index in [1.165, 1.54) is 24.3 Å². The summed E-state index contributed by atoms with van der Waals surface area (Å²) >= 11 is 0. The van der Waals surface area contributed by atoms with Gasteiger partial charge < -0.3 is 10.1 Å². The molecule has 1 unspecified atom stereocenters. The minimum absolute atomic E-state index is 0.0241. The molecule has 0 amide bonds. The Morgan fingerprint density at radius 2 is 2.00 bits per heavy atom. The molecule has 1 rings (SSSR count). The van der Waals surface area contributed by atoms with Crippen LogP contribution < -0.4 is 10.1 Å². The molecule has 1 aromatic rings. The van der Waals surface area contributed by atoms with Gasteiger partial charge in [0.15, 0.2) is 9.84 Å². The molecule has 0 aliphatic rings. The van der Waals surface area contributed by atoms with Gasteiger partial charge in [0, 0.05) is 23.5 Å². The first-order chi connectivity index (χ1) is 9.11. The Kier molecular flexibility index (Phi) is 5.27. The molecule has 0 heterocycles. The fourth-order valence-corrected chi connectivity index (χ4v) is 2.69. The normalized spacial score (nSPS) is 13.8. The van der Waals surface area contributed by atoms with Gasteiger partial charge in [-0.25, -0.2) is 8.42 Å². The second kappa shape index (κ2) is 6.34. The fourth-order valence-electron chi connectivity index (χ4n) is 1.61. The third-order valence-electron chi connectivity index (χ3n) is 2.42. The van der Waals surface area contributed by atoms with Crippen LogP contribution in [0.15, 0.2) is 24.3 Å². The molecular formula is C12H16F3NO3S. The number of alkyl halides is 3. The largest absolute Gasteiger partial charge is 0.573 e. The molecule has 0 saturated heterocycles. The van der Waals surface area contributed by atoms with Crippen molar-refractivity contribution < 1.29 is 26.3 Å². The Morgan fingerprint density at radius 1 is 1.35 bits per heavy atom. The zero-order valence-electron chi connectivity index (χ0n) is 11.1. The number of benzene rings is 1. The third kappa shape index (κ3) is 6.14. The Hall–Kier alpha value is -1.44. The predicted molar refractivity (Wildman–Crippen MR) is 70.5 cm³/mol. The minimum atomic E-state index is -4.75. The summed E-state index contributed by atoms with van der Waals surface area (Å²) < 4.78 is 62.9. The molecule has 1 aromatic carbocycles. The van der Waals surface area contributed by atoms with E-state index < -0.39 is 22.2 Å². The second-order valence-corrected chi connectivity index (χ2v) is 6.72. The summed E-state index contributed by atoms with van der Waals surface area (Å²) in [6, 6.07) is 4.86. The molecule has 1 atom stereocenters. The van der Waals surface area contributed by atoms with Crippen LogP contribution in [0.3, 0.4) is 0 Å². The molecule has 0 spiro atoms. The number of sulfone groups is 1. The number of anilines is 1. The molecule has 0 fully saturated rings. The highest BCUT2D eigenvalue weighted by molar-refractivity contribution is 7.91. The maximum atomic E-state index is 12.1. The number of ether oxygens (including phenoxy) is 1. The molecule has 0 bridgehead atoms. The molecule has 0 aliphatic heterocycles. The van der Waals surface area contributed by atoms with Gasteiger partial charge in [-0.15, -0.1) is 13.2 Å². The van der Waals surface area contributed by atoms with Crippen molar-refractivity contribution in [3.63, 3.8) is 0 Å². The van der Waals surface area contributed by atoms with Crippen LogP contribution in [-0.4, -0.2) is 32.3 Å². The lowest BCUT2D eigenvalue weighted by Crippen LogP contribution is -2.26. The molecule has 8 heteroatoms. The van der Waals surface area contributed by atoms with Crippen LogP contribution in [0.4, 0.5) is 18.9 Å². The van der Waals surface area contributed by atoms with E-state index in [2.05, 4.69) is 10.1 Å². The topological polar surface area (TPSA) is 55.4 Å². The molecule has 114 valence electrons. The Morgan fingerprint density at radius 3 is 2.55 bits per heavy atom. The number of hydrogen-bond donors (Lipinski definition) is 1. The summed E-state index contributed by atoms with van der Waals surface area (Å²) in [7, 11) is -3.15. The minimum Gasteiger partial charge on any atom is -0.406 e. The average molecular weight is 311 g/mol. The van der Waals surface area contributed by atoms with Gasteiger partial charge in [0.05, 0.1) is 5.75 Å². The van der Waals surface area contributed by atoms with Gasteiger partial charge in [0.2, 0.25) is 0 Å². The highest BCUT2D eigenvalue weighted by Crippen LogP contribution is 2.25. The van der Waals surface area contributed by atoms with Crippen LogP contribution in [0.5, 0.6) is 5.75 Å². The molecule has 0 saturated carbocycles. The van der Waals surface area contributed by atoms with Crippen molar-refractivity contribution in [1.29, 1.82) is 0 Å². The maximum Gasteiger partial charge on any atom is 0.573 e. The van der Waals surface area contributed by atoms with Gasteiger partial charge in [-0.05, 0) is 19.1 Å². The van der Waals surface area contributed by atoms with Gasteiger partial charge in [0.1, 0.15) is 5.75 Å². The zero-order chi connectivity index (χ0) is 15.4. The smallest absolute Gasteiger partial charge is 0.406 e. The van der Waals surface area contributed by atoms with E-state index in [0.29, 0.717) is 5.69 Å². The number of nitrogens with one attached hydrogen (secondary N) is 1. The van der Waals surface area contributed by atoms with Gasteiger partial charge in [-0.2, -0.15) is 0 Å². The Balaban J connectivity index is 2.71. The molecule has 4 nitrogen and oxygen atoms in total. The SMILES string of the molecule is CCS(=O)(=O)CC(C)Nc1cccc(OC(F)(F)F)c1. The van der Waals surface area contributed by atoms with Crippen molar-refractivity contribution >= 4 is 15.5 Å². The molecule has 0 radical (unpaired) electrons. The Labute approximate surface area is 115 Å². The van der Waals surface area contributed by atoms with E-state index in [1.807, 2.05) is 0 Å². The lowest BCUT2D eigenvalue weighted by molar-refractivity contribution is -0.274. The average Bonchev–Trinajstić information content (AvgIpc) is 2.26. The van der Waals surface area contributed by atoms with Crippen LogP contribution in [0.2, 0.25) is 0 Å². The molecule has 0 aliphatic carbocycles. The van der Waals surface area contributed by atoms with E-state index in [-0.39, 0.29) is 17.3 Å². The van der Waals surface area contributed by atoms with E-state index in [9.17, 15) is 21.6 Å². The monoisotopic (exact) mass is 311 g/mol. The van der Waals surface area contributed by atoms with Crippen LogP contribution in [0.25, 0.3) is 0 Å². The van der Waals surface area contributed by atoms with Gasteiger partial charge in [0.25, 0.3) is 0 Å². The summed E-state index contributed by atoms with van der Waals surface area (Å²) in [5, 5.41) is 2.83. The van der Waals surface area contributed by atoms with E-state index >= 15 is 0 Å². The van der Waals surface area contributed by atoms with Crippen molar-refractivity contribution in [1.82, 2.24) is 0 Å². The number of hydrogen-bond acceptors (Lipinski definition) is 4. The van der Waals surface area contributed by atoms with Crippen molar-refractivity contribution in [3.05, 3.63) is 24.3 Å². The van der Waals surface area contributed by atoms with E-state index in [4.69, 9.17) is 0 Å². The van der Waals surface area contributed by atoms with Crippen LogP contribution >= 0.6 is 0 Å². The van der Waals surface area contributed by atoms with Crippen LogP contribution in [0.1, 0.15) is 13.8 Å². The van der Waals surface area contributed by atoms with Gasteiger partial charge in [-0.3, -0.25) is 0 Å². The molecule has 1 N–H and O–H groups in total. The standard InChI is InChI=1S/C12H16F3NO3S/c1-3-20(17,18)8-9(2)16-10-5-4-6-11(7-10)19-12(13,14)15/h4-7,9,16H,3,8H2,1-2H3. The maximum absolute atomic E-state index is 12.1. The van der Waals surface area contributed by atoms with Crippen molar-refractivity contribution in [2.45, 2.75) is 26.3 Å². The number of rotatable bonds is 6. The lowest BCUT2D eigenvalue weighted by atomic mass is 10.2. The van der Waals surface area contributed by atoms with Crippen molar-refractivity contribution in [2.24, 2.45) is 0 Å². The summed E-state index contributed by atoms with van der Waals surface area (Å²) in [4.78, 5) is 0. The van der Waals surface area contributed by atoms with Crippen molar-refractivity contribution in [2.75, 3.05) is 16.8 Å². The quantitative estimate of drug-likeness (QED) is 0.878. The van der Waals surface area contributed by atoms with Crippen LogP contribution in [-0.2, 0) is 9.84 Å². The highest BCUT2D eigenvalue weighted by Gasteiger charge is 2.31. The summed E-state index contributed by atoms with van der Waals surface area (Å²) in [5.41, 5.74) is 0.366. The summed E-state index contributed by atoms with van der Waals surface area (Å²) in [6.07, 6.45) is -4.75. The summed E-state index contributed by atoms with van der Waals surface area (Å²) in [6.45, 7) is 3.18. The van der Waals surface area contributed by atoms with E-state index in [1.54, 1.807) is 13.8 Å². The van der Waals surface area contributed by atoms with Crippen molar-refractivity contribution in [3.8, 4) is 5.75 Å². The first kappa shape index (κ1) is 16.6. The molecule has 20 heavy (non-hydrogen) atoms. The van der Waals surface area contributed by atoms with Crippen LogP contribution in [0, 0.1) is 0 Å². The van der Waals surface area contributed by atoms with Gasteiger partial charge >= 0.3 is 6.36 Å². The first-order valence-electron chi connectivity index (χ1n) is 5.94. The second-order valence-electron chi connectivity index (χ2n) is 4.32. The fraction of sp³-hybridized carbons (Fsp3) is 0.500. The Bertz CT molecular complexity index is 543. The first-order valence-corrected chi connectivity index (χ1v) is 7.76. The predicted octanol–water partition coefficient (Wildman–Crippen LogP) is 2.82. The lowest BCUT2D eigenvalue weighted by Gasteiger charge is -2.16. The molecular weight excluding hydrogens is 295 g/mol. The number of halogens is 3. The highest BCUT2D eigenvalue weighted by atomic mass is 32.2. The zero-order valence-corrected chi connectivity index (χ0v) is 11.9. The van der Waals surface area contributed by atoms with Gasteiger partial charge in [-0.1, -0.05) is 13.0 Å².